The lowest BCUT2D eigenvalue weighted by atomic mass is 10.1. The first kappa shape index (κ1) is 7.12. The Kier molecular flexibility index (Phi) is 1.94. The maximum absolute atomic E-state index is 10.7. The Bertz CT molecular complexity index is 184. The molecule has 0 spiro atoms. The van der Waals surface area contributed by atoms with Gasteiger partial charge in [0.25, 0.3) is 0 Å². The molecule has 0 radical (unpaired) electrons. The van der Waals surface area contributed by atoms with E-state index in [1.165, 1.54) is 5.57 Å². The fraction of sp³-hybridized carbons (Fsp3) is 0.571. The number of rotatable bonds is 1. The Hall–Kier alpha value is -0.990. The average Bonchev–Trinajstić information content (AvgIpc) is 1.88. The van der Waals surface area contributed by atoms with Gasteiger partial charge in [-0.1, -0.05) is 6.92 Å². The Balaban J connectivity index is 2.70. The second-order valence-corrected chi connectivity index (χ2v) is 2.39. The molecule has 1 aliphatic heterocycles. The topological polar surface area (TPSA) is 41.1 Å². The average molecular weight is 140 g/mol. The number of amides is 2. The van der Waals surface area contributed by atoms with E-state index < -0.39 is 0 Å². The summed E-state index contributed by atoms with van der Waals surface area (Å²) in [6.07, 6.45) is 0.999. The molecule has 0 bridgehead atoms. The van der Waals surface area contributed by atoms with E-state index in [4.69, 9.17) is 0 Å². The molecule has 0 saturated heterocycles. The number of hydrogen-bond donors (Lipinski definition) is 2. The molecule has 0 aliphatic carbocycles. The second-order valence-electron chi connectivity index (χ2n) is 2.39. The Labute approximate surface area is 60.5 Å². The van der Waals surface area contributed by atoms with E-state index in [9.17, 15) is 4.79 Å². The van der Waals surface area contributed by atoms with Crippen molar-refractivity contribution < 1.29 is 4.79 Å². The van der Waals surface area contributed by atoms with Crippen LogP contribution in [0.25, 0.3) is 0 Å². The van der Waals surface area contributed by atoms with Crippen LogP contribution in [0.1, 0.15) is 20.3 Å². The molecule has 1 heterocycles. The molecule has 0 fully saturated rings. The van der Waals surface area contributed by atoms with E-state index in [-0.39, 0.29) is 6.03 Å². The van der Waals surface area contributed by atoms with Gasteiger partial charge in [0.2, 0.25) is 0 Å². The highest BCUT2D eigenvalue weighted by atomic mass is 16.2. The predicted octanol–water partition coefficient (Wildman–Crippen LogP) is 0.983. The lowest BCUT2D eigenvalue weighted by Gasteiger charge is -2.18. The number of carbonyl (C=O) groups is 1. The molecular formula is C7H12N2O. The van der Waals surface area contributed by atoms with Crippen LogP contribution in [0.15, 0.2) is 11.3 Å². The zero-order valence-electron chi connectivity index (χ0n) is 6.32. The molecule has 1 rings (SSSR count). The molecule has 3 nitrogen and oxygen atoms in total. The number of urea groups is 1. The fourth-order valence-corrected chi connectivity index (χ4v) is 1.01. The summed E-state index contributed by atoms with van der Waals surface area (Å²) < 4.78 is 0. The van der Waals surface area contributed by atoms with E-state index in [0.717, 1.165) is 12.1 Å². The van der Waals surface area contributed by atoms with E-state index in [0.29, 0.717) is 6.54 Å². The normalized spacial score (nSPS) is 18.4. The molecule has 1 aliphatic rings. The third-order valence-electron chi connectivity index (χ3n) is 1.72. The molecule has 2 amide bonds. The molecule has 2 N–H and O–H groups in total. The summed E-state index contributed by atoms with van der Waals surface area (Å²) in [5.74, 6) is 0. The van der Waals surface area contributed by atoms with E-state index in [1.807, 2.05) is 6.92 Å². The van der Waals surface area contributed by atoms with Gasteiger partial charge in [-0.25, -0.2) is 4.79 Å². The van der Waals surface area contributed by atoms with E-state index >= 15 is 0 Å². The van der Waals surface area contributed by atoms with E-state index in [1.54, 1.807) is 0 Å². The molecule has 0 aromatic heterocycles. The first-order chi connectivity index (χ1) is 4.74. The van der Waals surface area contributed by atoms with Gasteiger partial charge in [0.15, 0.2) is 0 Å². The van der Waals surface area contributed by atoms with Crippen molar-refractivity contribution in [1.29, 1.82) is 0 Å². The second kappa shape index (κ2) is 2.73. The largest absolute Gasteiger partial charge is 0.334 e. The zero-order chi connectivity index (χ0) is 7.56. The number of carbonyl (C=O) groups excluding carboxylic acids is 1. The van der Waals surface area contributed by atoms with Gasteiger partial charge in [0.1, 0.15) is 0 Å². The van der Waals surface area contributed by atoms with Gasteiger partial charge in [0, 0.05) is 12.2 Å². The standard InChI is InChI=1S/C7H12N2O/c1-3-6-4-8-7(10)9-5(6)2/h3-4H2,1-2H3,(H2,8,9,10). The first-order valence-corrected chi connectivity index (χ1v) is 3.47. The maximum Gasteiger partial charge on any atom is 0.319 e. The fourth-order valence-electron chi connectivity index (χ4n) is 1.01. The Morgan fingerprint density at radius 3 is 2.80 bits per heavy atom. The van der Waals surface area contributed by atoms with Crippen molar-refractivity contribution in [3.8, 4) is 0 Å². The molecule has 0 atom stereocenters. The highest BCUT2D eigenvalue weighted by Gasteiger charge is 2.10. The lowest BCUT2D eigenvalue weighted by molar-refractivity contribution is 0.242. The SMILES string of the molecule is CCC1=C(C)NC(=O)NC1. The Morgan fingerprint density at radius 1 is 1.60 bits per heavy atom. The van der Waals surface area contributed by atoms with Gasteiger partial charge in [0.05, 0.1) is 0 Å². The summed E-state index contributed by atoms with van der Waals surface area (Å²) in [5, 5.41) is 5.42. The van der Waals surface area contributed by atoms with Crippen molar-refractivity contribution in [2.75, 3.05) is 6.54 Å². The van der Waals surface area contributed by atoms with Gasteiger partial charge in [-0.2, -0.15) is 0 Å². The predicted molar refractivity (Wildman–Crippen MR) is 39.5 cm³/mol. The zero-order valence-corrected chi connectivity index (χ0v) is 6.32. The number of nitrogens with one attached hydrogen (secondary N) is 2. The van der Waals surface area contributed by atoms with Crippen LogP contribution >= 0.6 is 0 Å². The van der Waals surface area contributed by atoms with Crippen molar-refractivity contribution in [2.45, 2.75) is 20.3 Å². The summed E-state index contributed by atoms with van der Waals surface area (Å²) >= 11 is 0. The third kappa shape index (κ3) is 1.29. The minimum absolute atomic E-state index is 0.0882. The van der Waals surface area contributed by atoms with Crippen LogP contribution in [0.2, 0.25) is 0 Å². The van der Waals surface area contributed by atoms with Crippen LogP contribution in [0, 0.1) is 0 Å². The van der Waals surface area contributed by atoms with Crippen LogP contribution in [0.3, 0.4) is 0 Å². The van der Waals surface area contributed by atoms with Crippen molar-refractivity contribution in [2.24, 2.45) is 0 Å². The lowest BCUT2D eigenvalue weighted by Crippen LogP contribution is -2.41. The molecule has 10 heavy (non-hydrogen) atoms. The number of hydrogen-bond acceptors (Lipinski definition) is 1. The van der Waals surface area contributed by atoms with Gasteiger partial charge in [-0.3, -0.25) is 0 Å². The van der Waals surface area contributed by atoms with Crippen LogP contribution in [0.4, 0.5) is 4.79 Å². The summed E-state index contributed by atoms with van der Waals surface area (Å²) in [6, 6.07) is -0.0882. The molecule has 0 unspecified atom stereocenters. The summed E-state index contributed by atoms with van der Waals surface area (Å²) in [5.41, 5.74) is 2.28. The van der Waals surface area contributed by atoms with Crippen LogP contribution < -0.4 is 10.6 Å². The molecule has 0 saturated carbocycles. The minimum Gasteiger partial charge on any atom is -0.334 e. The molecule has 56 valence electrons. The summed E-state index contributed by atoms with van der Waals surface area (Å²) in [7, 11) is 0. The highest BCUT2D eigenvalue weighted by Crippen LogP contribution is 2.07. The monoisotopic (exact) mass is 140 g/mol. The highest BCUT2D eigenvalue weighted by molar-refractivity contribution is 5.77. The quantitative estimate of drug-likeness (QED) is 0.560. The van der Waals surface area contributed by atoms with Crippen LogP contribution in [-0.4, -0.2) is 12.6 Å². The molecular weight excluding hydrogens is 128 g/mol. The third-order valence-corrected chi connectivity index (χ3v) is 1.72. The van der Waals surface area contributed by atoms with Crippen molar-refractivity contribution in [3.63, 3.8) is 0 Å². The van der Waals surface area contributed by atoms with Crippen LogP contribution in [0.5, 0.6) is 0 Å². The smallest absolute Gasteiger partial charge is 0.319 e. The first-order valence-electron chi connectivity index (χ1n) is 3.47. The molecule has 0 aromatic rings. The number of allylic oxidation sites excluding steroid dienone is 1. The van der Waals surface area contributed by atoms with Crippen molar-refractivity contribution in [1.82, 2.24) is 10.6 Å². The van der Waals surface area contributed by atoms with Gasteiger partial charge in [-0.05, 0) is 18.9 Å². The van der Waals surface area contributed by atoms with Gasteiger partial charge >= 0.3 is 6.03 Å². The van der Waals surface area contributed by atoms with E-state index in [2.05, 4.69) is 17.6 Å². The Morgan fingerprint density at radius 2 is 2.30 bits per heavy atom. The molecule has 0 aromatic carbocycles. The van der Waals surface area contributed by atoms with Crippen molar-refractivity contribution in [3.05, 3.63) is 11.3 Å². The van der Waals surface area contributed by atoms with Gasteiger partial charge < -0.3 is 10.6 Å². The summed E-state index contributed by atoms with van der Waals surface area (Å²) in [4.78, 5) is 10.7. The van der Waals surface area contributed by atoms with Gasteiger partial charge in [-0.15, -0.1) is 0 Å². The maximum atomic E-state index is 10.7. The minimum atomic E-state index is -0.0882. The van der Waals surface area contributed by atoms with Crippen molar-refractivity contribution >= 4 is 6.03 Å². The summed E-state index contributed by atoms with van der Waals surface area (Å²) in [6.45, 7) is 4.71. The van der Waals surface area contributed by atoms with Crippen LogP contribution in [-0.2, 0) is 0 Å². The molecule has 3 heteroatoms.